The molecule has 15 aromatic carbocycles. The lowest BCUT2D eigenvalue weighted by molar-refractivity contribution is 0.771. The van der Waals surface area contributed by atoms with Crippen molar-refractivity contribution in [1.82, 2.24) is 18.3 Å². The van der Waals surface area contributed by atoms with Crippen LogP contribution in [0.4, 0.5) is 0 Å². The third-order valence-electron chi connectivity index (χ3n) is 22.2. The van der Waals surface area contributed by atoms with Crippen molar-refractivity contribution in [3.05, 3.63) is 395 Å². The molecule has 0 bridgehead atoms. The average molecular weight is 1270 g/mol. The van der Waals surface area contributed by atoms with Crippen LogP contribution in [0.2, 0.25) is 0 Å². The molecule has 0 spiro atoms. The molecular weight excluding hydrogens is 1210 g/mol. The average Bonchev–Trinajstić information content (AvgIpc) is 1.49. The number of aromatic nitrogens is 4. The van der Waals surface area contributed by atoms with Gasteiger partial charge in [-0.25, -0.2) is 0 Å². The van der Waals surface area contributed by atoms with E-state index < -0.39 is 10.8 Å². The molecule has 6 heteroatoms. The van der Waals surface area contributed by atoms with Gasteiger partial charge in [0.2, 0.25) is 0 Å². The number of para-hydroxylation sites is 6. The third kappa shape index (κ3) is 7.07. The van der Waals surface area contributed by atoms with Gasteiger partial charge in [-0.2, -0.15) is 10.5 Å². The van der Waals surface area contributed by atoms with Crippen LogP contribution in [0.25, 0.3) is 132 Å². The van der Waals surface area contributed by atoms with Crippen LogP contribution in [-0.4, -0.2) is 18.3 Å². The molecule has 0 N–H and O–H groups in total. The first-order chi connectivity index (χ1) is 49.6. The van der Waals surface area contributed by atoms with Gasteiger partial charge in [-0.1, -0.05) is 303 Å². The Bertz CT molecular complexity index is 6190. The van der Waals surface area contributed by atoms with Crippen molar-refractivity contribution in [3.63, 3.8) is 0 Å². The van der Waals surface area contributed by atoms with Crippen molar-refractivity contribution in [2.24, 2.45) is 0 Å². The highest BCUT2D eigenvalue weighted by atomic mass is 15.1. The molecule has 4 aromatic heterocycles. The van der Waals surface area contributed by atoms with Gasteiger partial charge in [-0.15, -0.1) is 0 Å². The largest absolute Gasteiger partial charge is 0.306 e. The summed E-state index contributed by atoms with van der Waals surface area (Å²) in [6.45, 7) is 0. The van der Waals surface area contributed by atoms with Crippen molar-refractivity contribution in [2.45, 2.75) is 10.8 Å². The molecule has 19 aromatic rings. The van der Waals surface area contributed by atoms with Gasteiger partial charge in [-0.05, 0) is 92.0 Å². The maximum absolute atomic E-state index is 13.3. The molecule has 0 fully saturated rings. The minimum Gasteiger partial charge on any atom is -0.306 e. The van der Waals surface area contributed by atoms with E-state index in [1.54, 1.807) is 0 Å². The van der Waals surface area contributed by atoms with Gasteiger partial charge in [0, 0.05) is 54.2 Å². The fraction of sp³-hybridized carbons (Fsp3) is 0.0213. The Morgan fingerprint density at radius 2 is 0.460 bits per heavy atom. The van der Waals surface area contributed by atoms with Gasteiger partial charge in [-0.3, -0.25) is 0 Å². The Labute approximate surface area is 575 Å². The molecule has 6 nitrogen and oxygen atoms in total. The Hall–Kier alpha value is -13.5. The van der Waals surface area contributed by atoms with E-state index in [4.69, 9.17) is 0 Å². The number of fused-ring (bicyclic) bond motifs is 20. The lowest BCUT2D eigenvalue weighted by atomic mass is 9.67. The molecule has 21 rings (SSSR count). The van der Waals surface area contributed by atoms with Gasteiger partial charge in [0.1, 0.15) is 12.1 Å². The molecule has 2 aliphatic carbocycles. The second-order valence-electron chi connectivity index (χ2n) is 26.6. The molecule has 0 unspecified atom stereocenters. The van der Waals surface area contributed by atoms with Crippen molar-refractivity contribution >= 4 is 87.2 Å². The van der Waals surface area contributed by atoms with Gasteiger partial charge in [0.05, 0.1) is 88.8 Å². The zero-order chi connectivity index (χ0) is 66.0. The van der Waals surface area contributed by atoms with Crippen molar-refractivity contribution < 1.29 is 0 Å². The Balaban J connectivity index is 1.07. The second-order valence-corrected chi connectivity index (χ2v) is 26.6. The summed E-state index contributed by atoms with van der Waals surface area (Å²) >= 11 is 0. The maximum Gasteiger partial charge on any atom is 0.103 e. The first-order valence-electron chi connectivity index (χ1n) is 34.2. The quantitative estimate of drug-likeness (QED) is 0.152. The molecule has 462 valence electrons. The van der Waals surface area contributed by atoms with Crippen LogP contribution in [0.15, 0.2) is 340 Å². The molecule has 0 saturated carbocycles. The van der Waals surface area contributed by atoms with E-state index in [0.717, 1.165) is 165 Å². The van der Waals surface area contributed by atoms with E-state index >= 15 is 0 Å². The van der Waals surface area contributed by atoms with Crippen molar-refractivity contribution in [2.75, 3.05) is 0 Å². The summed E-state index contributed by atoms with van der Waals surface area (Å²) in [5.41, 5.74) is 22.2. The number of nitrogens with zero attached hydrogens (tertiary/aromatic N) is 6. The highest BCUT2D eigenvalue weighted by molar-refractivity contribution is 6.19. The number of benzene rings is 15. The number of hydrogen-bond donors (Lipinski definition) is 0. The predicted molar refractivity (Wildman–Crippen MR) is 408 cm³/mol. The van der Waals surface area contributed by atoms with Gasteiger partial charge in [0.25, 0.3) is 0 Å². The van der Waals surface area contributed by atoms with Crippen LogP contribution >= 0.6 is 0 Å². The third-order valence-corrected chi connectivity index (χ3v) is 22.2. The van der Waals surface area contributed by atoms with E-state index in [0.29, 0.717) is 11.4 Å². The molecule has 2 aliphatic rings. The van der Waals surface area contributed by atoms with E-state index in [-0.39, 0.29) is 11.1 Å². The van der Waals surface area contributed by atoms with Crippen LogP contribution in [0.1, 0.15) is 55.6 Å². The van der Waals surface area contributed by atoms with Crippen LogP contribution in [0, 0.1) is 22.7 Å². The van der Waals surface area contributed by atoms with Crippen LogP contribution < -0.4 is 0 Å². The lowest BCUT2D eigenvalue weighted by Gasteiger charge is -2.35. The molecular formula is C94H56N6. The van der Waals surface area contributed by atoms with Crippen molar-refractivity contribution in [3.8, 4) is 57.1 Å². The molecule has 0 radical (unpaired) electrons. The smallest absolute Gasteiger partial charge is 0.103 e. The Kier molecular flexibility index (Phi) is 11.7. The van der Waals surface area contributed by atoms with E-state index in [1.165, 1.54) is 0 Å². The van der Waals surface area contributed by atoms with E-state index in [2.05, 4.69) is 370 Å². The minimum absolute atomic E-state index is 0.235. The number of rotatable bonds is 8. The monoisotopic (exact) mass is 1270 g/mol. The Morgan fingerprint density at radius 1 is 0.210 bits per heavy atom. The Morgan fingerprint density at radius 3 is 0.760 bits per heavy atom. The maximum atomic E-state index is 13.3. The summed E-state index contributed by atoms with van der Waals surface area (Å²) in [4.78, 5) is 0. The van der Waals surface area contributed by atoms with E-state index in [1.807, 2.05) is 0 Å². The summed E-state index contributed by atoms with van der Waals surface area (Å²) < 4.78 is 9.73. The molecule has 4 heterocycles. The summed E-state index contributed by atoms with van der Waals surface area (Å²) in [5, 5.41) is 35.0. The standard InChI is InChI=1S/C94H56N6/c95-57-75-76(58-96)90(100-84-52-28-20-44-70(84)74-56-54-72-64-38-14-22-46-78(64)94(86(72)88(74)100,61-33-9-3-10-34-61)62-35-11-4-12-36-62)92(98-81-49-25-17-41-67(81)68-42-18-26-50-82(68)98)91(97-79-47-23-15-39-65(79)66-40-16-24-48-80(66)97)89(75)99-83-51-27-19-43-69(83)73-55-53-71-63-37-13-21-45-77(63)93(85(71)87(73)99,59-29-5-1-6-30-59)60-31-7-2-8-32-60/h1-56H. The lowest BCUT2D eigenvalue weighted by Crippen LogP contribution is -2.29. The SMILES string of the molecule is N#Cc1c(C#N)c(-n2c3ccccc3c3ccc4c(c32)C(c2ccccc2)(c2ccccc2)c2ccccc2-4)c(-n2c3ccccc3c3ccccc32)c(-n2c3ccccc3c3ccccc32)c1-n1c2ccccc2c2ccc3c(c21)C(c1ccccc1)(c1ccccc1)c1ccccc1-3. The van der Waals surface area contributed by atoms with E-state index in [9.17, 15) is 10.5 Å². The zero-order valence-corrected chi connectivity index (χ0v) is 54.0. The molecule has 0 amide bonds. The highest BCUT2D eigenvalue weighted by Gasteiger charge is 2.51. The van der Waals surface area contributed by atoms with Gasteiger partial charge >= 0.3 is 0 Å². The molecule has 0 atom stereocenters. The normalized spacial score (nSPS) is 13.3. The van der Waals surface area contributed by atoms with Gasteiger partial charge < -0.3 is 18.3 Å². The first kappa shape index (κ1) is 55.7. The molecule has 100 heavy (non-hydrogen) atoms. The molecule has 0 aliphatic heterocycles. The summed E-state index contributed by atoms with van der Waals surface area (Å²) in [6, 6.07) is 129. The van der Waals surface area contributed by atoms with Gasteiger partial charge in [0.15, 0.2) is 0 Å². The number of nitriles is 2. The number of hydrogen-bond acceptors (Lipinski definition) is 2. The van der Waals surface area contributed by atoms with Crippen LogP contribution in [0.3, 0.4) is 0 Å². The summed E-state index contributed by atoms with van der Waals surface area (Å²) in [5.74, 6) is 0. The summed E-state index contributed by atoms with van der Waals surface area (Å²) in [7, 11) is 0. The summed E-state index contributed by atoms with van der Waals surface area (Å²) in [6.07, 6.45) is 0. The minimum atomic E-state index is -0.890. The first-order valence-corrected chi connectivity index (χ1v) is 34.2. The zero-order valence-electron chi connectivity index (χ0n) is 54.0. The predicted octanol–water partition coefficient (Wildman–Crippen LogP) is 22.5. The second kappa shape index (κ2) is 21.0. The fourth-order valence-corrected chi connectivity index (χ4v) is 18.5. The van der Waals surface area contributed by atoms with Crippen LogP contribution in [-0.2, 0) is 10.8 Å². The molecule has 0 saturated heterocycles. The van der Waals surface area contributed by atoms with Crippen LogP contribution in [0.5, 0.6) is 0 Å². The fourth-order valence-electron chi connectivity index (χ4n) is 18.5. The highest BCUT2D eigenvalue weighted by Crippen LogP contribution is 2.62. The van der Waals surface area contributed by atoms with Crippen molar-refractivity contribution in [1.29, 1.82) is 10.5 Å². The topological polar surface area (TPSA) is 67.3 Å².